The molecule has 1 aromatic carbocycles. The molecule has 2 nitrogen and oxygen atoms in total. The summed E-state index contributed by atoms with van der Waals surface area (Å²) >= 11 is 0. The van der Waals surface area contributed by atoms with Crippen molar-refractivity contribution in [3.05, 3.63) is 65.5 Å². The first kappa shape index (κ1) is 11.8. The van der Waals surface area contributed by atoms with Crippen LogP contribution < -0.4 is 5.32 Å². The molecule has 0 bridgehead atoms. The molecule has 0 aliphatic carbocycles. The smallest absolute Gasteiger partial charge is 0.0296 e. The normalized spacial score (nSPS) is 12.4. The second-order valence-corrected chi connectivity index (χ2v) is 4.37. The average molecular weight is 226 g/mol. The van der Waals surface area contributed by atoms with Gasteiger partial charge in [0.2, 0.25) is 0 Å². The molecule has 0 aliphatic heterocycles. The number of benzene rings is 1. The predicted molar refractivity (Wildman–Crippen MR) is 70.7 cm³/mol. The third kappa shape index (κ3) is 3.40. The van der Waals surface area contributed by atoms with E-state index in [0.717, 1.165) is 6.54 Å². The van der Waals surface area contributed by atoms with Crippen LogP contribution >= 0.6 is 0 Å². The molecule has 0 saturated carbocycles. The van der Waals surface area contributed by atoms with Gasteiger partial charge in [-0.3, -0.25) is 4.98 Å². The van der Waals surface area contributed by atoms with Crippen molar-refractivity contribution in [3.63, 3.8) is 0 Å². The molecule has 1 heterocycles. The standard InChI is InChI=1S/C15H18N2/c1-12-3-5-14(6-4-12)11-17-13(2)15-7-9-16-10-8-15/h3-10,13,17H,11H2,1-2H3/t13-/m1/s1. The predicted octanol–water partition coefficient (Wildman–Crippen LogP) is 3.24. The van der Waals surface area contributed by atoms with Gasteiger partial charge >= 0.3 is 0 Å². The molecule has 0 amide bonds. The minimum absolute atomic E-state index is 0.347. The number of aromatic nitrogens is 1. The van der Waals surface area contributed by atoms with Crippen molar-refractivity contribution in [1.29, 1.82) is 0 Å². The molecule has 0 radical (unpaired) electrons. The summed E-state index contributed by atoms with van der Waals surface area (Å²) in [5.41, 5.74) is 3.89. The van der Waals surface area contributed by atoms with Gasteiger partial charge in [0.05, 0.1) is 0 Å². The van der Waals surface area contributed by atoms with E-state index in [2.05, 4.69) is 48.4 Å². The minimum Gasteiger partial charge on any atom is -0.306 e. The van der Waals surface area contributed by atoms with Gasteiger partial charge in [-0.2, -0.15) is 0 Å². The van der Waals surface area contributed by atoms with Gasteiger partial charge < -0.3 is 5.32 Å². The summed E-state index contributed by atoms with van der Waals surface area (Å²) in [5, 5.41) is 3.51. The zero-order valence-corrected chi connectivity index (χ0v) is 10.4. The van der Waals surface area contributed by atoms with Crippen LogP contribution in [0.3, 0.4) is 0 Å². The topological polar surface area (TPSA) is 24.9 Å². The summed E-state index contributed by atoms with van der Waals surface area (Å²) in [6, 6.07) is 13.1. The molecule has 0 fully saturated rings. The van der Waals surface area contributed by atoms with Crippen LogP contribution in [-0.4, -0.2) is 4.98 Å². The van der Waals surface area contributed by atoms with Crippen molar-refractivity contribution in [2.24, 2.45) is 0 Å². The van der Waals surface area contributed by atoms with Crippen LogP contribution in [0.4, 0.5) is 0 Å². The molecule has 2 rings (SSSR count). The highest BCUT2D eigenvalue weighted by Crippen LogP contribution is 2.11. The largest absolute Gasteiger partial charge is 0.306 e. The van der Waals surface area contributed by atoms with Crippen LogP contribution in [0.5, 0.6) is 0 Å². The highest BCUT2D eigenvalue weighted by molar-refractivity contribution is 5.21. The van der Waals surface area contributed by atoms with Crippen molar-refractivity contribution in [3.8, 4) is 0 Å². The second-order valence-electron chi connectivity index (χ2n) is 4.37. The second kappa shape index (κ2) is 5.60. The molecule has 1 aromatic heterocycles. The summed E-state index contributed by atoms with van der Waals surface area (Å²) in [5.74, 6) is 0. The molecule has 0 aliphatic rings. The van der Waals surface area contributed by atoms with Gasteiger partial charge in [-0.1, -0.05) is 29.8 Å². The molecule has 1 atom stereocenters. The van der Waals surface area contributed by atoms with Crippen LogP contribution in [0.2, 0.25) is 0 Å². The van der Waals surface area contributed by atoms with Gasteiger partial charge in [0.15, 0.2) is 0 Å². The number of rotatable bonds is 4. The van der Waals surface area contributed by atoms with Crippen molar-refractivity contribution in [2.75, 3.05) is 0 Å². The molecule has 0 unspecified atom stereocenters. The maximum Gasteiger partial charge on any atom is 0.0296 e. The Kier molecular flexibility index (Phi) is 3.89. The molecule has 0 saturated heterocycles. The summed E-state index contributed by atoms with van der Waals surface area (Å²) in [7, 11) is 0. The van der Waals surface area contributed by atoms with E-state index in [9.17, 15) is 0 Å². The lowest BCUT2D eigenvalue weighted by Gasteiger charge is -2.14. The quantitative estimate of drug-likeness (QED) is 0.865. The summed E-state index contributed by atoms with van der Waals surface area (Å²) < 4.78 is 0. The van der Waals surface area contributed by atoms with Gasteiger partial charge in [0.25, 0.3) is 0 Å². The lowest BCUT2D eigenvalue weighted by molar-refractivity contribution is 0.574. The zero-order chi connectivity index (χ0) is 12.1. The van der Waals surface area contributed by atoms with Gasteiger partial charge in [-0.05, 0) is 37.1 Å². The maximum absolute atomic E-state index is 4.03. The number of nitrogens with zero attached hydrogens (tertiary/aromatic N) is 1. The van der Waals surface area contributed by atoms with Crippen molar-refractivity contribution in [2.45, 2.75) is 26.4 Å². The minimum atomic E-state index is 0.347. The third-order valence-electron chi connectivity index (χ3n) is 2.94. The van der Waals surface area contributed by atoms with Gasteiger partial charge in [-0.25, -0.2) is 0 Å². The Morgan fingerprint density at radius 2 is 1.71 bits per heavy atom. The van der Waals surface area contributed by atoms with E-state index >= 15 is 0 Å². The van der Waals surface area contributed by atoms with Crippen LogP contribution in [-0.2, 0) is 6.54 Å². The first-order chi connectivity index (χ1) is 8.25. The summed E-state index contributed by atoms with van der Waals surface area (Å²) in [6.45, 7) is 5.17. The van der Waals surface area contributed by atoms with Crippen LogP contribution in [0, 0.1) is 6.92 Å². The maximum atomic E-state index is 4.03. The van der Waals surface area contributed by atoms with Crippen molar-refractivity contribution >= 4 is 0 Å². The Morgan fingerprint density at radius 1 is 1.06 bits per heavy atom. The highest BCUT2D eigenvalue weighted by atomic mass is 14.9. The van der Waals surface area contributed by atoms with Gasteiger partial charge in [0.1, 0.15) is 0 Å². The SMILES string of the molecule is Cc1ccc(CN[C@H](C)c2ccncc2)cc1. The highest BCUT2D eigenvalue weighted by Gasteiger charge is 2.03. The summed E-state index contributed by atoms with van der Waals surface area (Å²) in [6.07, 6.45) is 3.67. The van der Waals surface area contributed by atoms with E-state index in [1.807, 2.05) is 24.5 Å². The lowest BCUT2D eigenvalue weighted by Crippen LogP contribution is -2.17. The van der Waals surface area contributed by atoms with E-state index in [0.29, 0.717) is 6.04 Å². The number of hydrogen-bond acceptors (Lipinski definition) is 2. The fourth-order valence-electron chi connectivity index (χ4n) is 1.75. The van der Waals surface area contributed by atoms with Crippen LogP contribution in [0.25, 0.3) is 0 Å². The molecule has 1 N–H and O–H groups in total. The molecular weight excluding hydrogens is 208 g/mol. The van der Waals surface area contributed by atoms with Crippen molar-refractivity contribution in [1.82, 2.24) is 10.3 Å². The fraction of sp³-hybridized carbons (Fsp3) is 0.267. The van der Waals surface area contributed by atoms with E-state index in [4.69, 9.17) is 0 Å². The van der Waals surface area contributed by atoms with Crippen LogP contribution in [0.1, 0.15) is 29.7 Å². The van der Waals surface area contributed by atoms with E-state index in [1.165, 1.54) is 16.7 Å². The third-order valence-corrected chi connectivity index (χ3v) is 2.94. The number of pyridine rings is 1. The Bertz CT molecular complexity index is 448. The Hall–Kier alpha value is -1.67. The Labute approximate surface area is 103 Å². The summed E-state index contributed by atoms with van der Waals surface area (Å²) in [4.78, 5) is 4.03. The molecular formula is C15H18N2. The average Bonchev–Trinajstić information content (AvgIpc) is 2.39. The number of aryl methyl sites for hydroxylation is 1. The molecule has 88 valence electrons. The first-order valence-electron chi connectivity index (χ1n) is 5.94. The first-order valence-corrected chi connectivity index (χ1v) is 5.94. The van der Waals surface area contributed by atoms with Gasteiger partial charge in [-0.15, -0.1) is 0 Å². The lowest BCUT2D eigenvalue weighted by atomic mass is 10.1. The van der Waals surface area contributed by atoms with E-state index in [-0.39, 0.29) is 0 Å². The van der Waals surface area contributed by atoms with Crippen molar-refractivity contribution < 1.29 is 0 Å². The Morgan fingerprint density at radius 3 is 2.35 bits per heavy atom. The number of hydrogen-bond donors (Lipinski definition) is 1. The fourth-order valence-corrected chi connectivity index (χ4v) is 1.75. The molecule has 0 spiro atoms. The van der Waals surface area contributed by atoms with Gasteiger partial charge in [0, 0.05) is 25.0 Å². The van der Waals surface area contributed by atoms with E-state index < -0.39 is 0 Å². The monoisotopic (exact) mass is 226 g/mol. The molecule has 2 aromatic rings. The van der Waals surface area contributed by atoms with Crippen LogP contribution in [0.15, 0.2) is 48.8 Å². The molecule has 17 heavy (non-hydrogen) atoms. The van der Waals surface area contributed by atoms with E-state index in [1.54, 1.807) is 0 Å². The Balaban J connectivity index is 1.92. The zero-order valence-electron chi connectivity index (χ0n) is 10.4. The number of nitrogens with one attached hydrogen (secondary N) is 1. The molecule has 2 heteroatoms.